The van der Waals surface area contributed by atoms with E-state index in [4.69, 9.17) is 9.51 Å². The number of rotatable bonds is 5. The summed E-state index contributed by atoms with van der Waals surface area (Å²) in [5, 5.41) is 11.3. The third-order valence-corrected chi connectivity index (χ3v) is 5.35. The van der Waals surface area contributed by atoms with Crippen LogP contribution < -0.4 is 4.90 Å². The van der Waals surface area contributed by atoms with Gasteiger partial charge in [0, 0.05) is 56.8 Å². The summed E-state index contributed by atoms with van der Waals surface area (Å²) in [6.45, 7) is 6.84. The number of H-pyrrole nitrogens is 1. The molecule has 0 aliphatic carbocycles. The summed E-state index contributed by atoms with van der Waals surface area (Å²) in [5.41, 5.74) is 5.16. The zero-order chi connectivity index (χ0) is 19.7. The van der Waals surface area contributed by atoms with Crippen molar-refractivity contribution in [1.29, 1.82) is 0 Å². The number of aryl methyl sites for hydroxylation is 2. The Bertz CT molecular complexity index is 913. The molecule has 1 atom stereocenters. The molecule has 1 unspecified atom stereocenters. The van der Waals surface area contributed by atoms with Crippen molar-refractivity contribution in [2.24, 2.45) is 0 Å². The maximum Gasteiger partial charge on any atom is 0.225 e. The van der Waals surface area contributed by atoms with E-state index in [9.17, 15) is 0 Å². The van der Waals surface area contributed by atoms with Crippen molar-refractivity contribution in [3.05, 3.63) is 41.3 Å². The van der Waals surface area contributed by atoms with Crippen molar-refractivity contribution < 1.29 is 4.52 Å². The van der Waals surface area contributed by atoms with Crippen LogP contribution in [0.4, 0.5) is 5.95 Å². The Labute approximate surface area is 165 Å². The Morgan fingerprint density at radius 1 is 1.32 bits per heavy atom. The van der Waals surface area contributed by atoms with E-state index >= 15 is 0 Å². The molecule has 1 aliphatic rings. The third kappa shape index (κ3) is 3.64. The maximum absolute atomic E-state index is 5.42. The third-order valence-electron chi connectivity index (χ3n) is 5.35. The number of hydrogen-bond acceptors (Lipinski definition) is 7. The van der Waals surface area contributed by atoms with Gasteiger partial charge in [0.05, 0.1) is 17.0 Å². The minimum atomic E-state index is 0.335. The van der Waals surface area contributed by atoms with Crippen LogP contribution in [0.5, 0.6) is 0 Å². The number of likely N-dealkylation sites (tertiary alicyclic amines) is 1. The molecule has 1 aliphatic heterocycles. The first-order chi connectivity index (χ1) is 13.5. The van der Waals surface area contributed by atoms with Crippen LogP contribution in [0.25, 0.3) is 11.1 Å². The first-order valence-corrected chi connectivity index (χ1v) is 9.71. The number of nitrogens with one attached hydrogen (secondary N) is 1. The first-order valence-electron chi connectivity index (χ1n) is 9.71. The van der Waals surface area contributed by atoms with Crippen molar-refractivity contribution in [1.82, 2.24) is 30.2 Å². The molecule has 1 N–H and O–H groups in total. The zero-order valence-corrected chi connectivity index (χ0v) is 16.9. The summed E-state index contributed by atoms with van der Waals surface area (Å²) >= 11 is 0. The Kier molecular flexibility index (Phi) is 5.13. The lowest BCUT2D eigenvalue weighted by atomic mass is 9.89. The molecule has 148 valence electrons. The predicted molar refractivity (Wildman–Crippen MR) is 107 cm³/mol. The van der Waals surface area contributed by atoms with Crippen LogP contribution in [0, 0.1) is 13.8 Å². The molecular formula is C20H27N7O. The largest absolute Gasteiger partial charge is 0.361 e. The molecule has 8 heteroatoms. The second-order valence-electron chi connectivity index (χ2n) is 7.72. The highest BCUT2D eigenvalue weighted by atomic mass is 16.5. The lowest BCUT2D eigenvalue weighted by molar-refractivity contribution is 0.196. The van der Waals surface area contributed by atoms with E-state index in [1.54, 1.807) is 6.20 Å². The summed E-state index contributed by atoms with van der Waals surface area (Å²) in [6, 6.07) is 2.04. The molecule has 8 nitrogen and oxygen atoms in total. The van der Waals surface area contributed by atoms with E-state index < -0.39 is 0 Å². The molecule has 0 radical (unpaired) electrons. The van der Waals surface area contributed by atoms with Gasteiger partial charge in [0.15, 0.2) is 0 Å². The number of anilines is 1. The van der Waals surface area contributed by atoms with Gasteiger partial charge in [0.25, 0.3) is 0 Å². The summed E-state index contributed by atoms with van der Waals surface area (Å²) in [5.74, 6) is 1.88. The number of hydrogen-bond donors (Lipinski definition) is 1. The van der Waals surface area contributed by atoms with E-state index in [1.807, 2.05) is 45.1 Å². The highest BCUT2D eigenvalue weighted by molar-refractivity contribution is 5.70. The molecule has 1 saturated heterocycles. The fourth-order valence-electron chi connectivity index (χ4n) is 4.01. The van der Waals surface area contributed by atoms with Gasteiger partial charge >= 0.3 is 0 Å². The van der Waals surface area contributed by atoms with Gasteiger partial charge < -0.3 is 9.42 Å². The molecule has 28 heavy (non-hydrogen) atoms. The van der Waals surface area contributed by atoms with Crippen LogP contribution in [-0.2, 0) is 6.54 Å². The van der Waals surface area contributed by atoms with E-state index in [0.717, 1.165) is 72.4 Å². The van der Waals surface area contributed by atoms with E-state index in [-0.39, 0.29) is 0 Å². The van der Waals surface area contributed by atoms with E-state index in [1.165, 1.54) is 0 Å². The summed E-state index contributed by atoms with van der Waals surface area (Å²) in [4.78, 5) is 14.0. The molecule has 0 saturated carbocycles. The van der Waals surface area contributed by atoms with Crippen LogP contribution in [0.15, 0.2) is 23.0 Å². The predicted octanol–water partition coefficient (Wildman–Crippen LogP) is 2.92. The van der Waals surface area contributed by atoms with E-state index in [2.05, 4.69) is 25.2 Å². The van der Waals surface area contributed by atoms with Gasteiger partial charge in [-0.25, -0.2) is 9.97 Å². The molecule has 1 fully saturated rings. The SMILES string of the molecule is Cc1noc(C)c1-c1cnc(N(C)C)nc1C1CCCN(Cc2ccn[nH]2)C1. The normalized spacial score (nSPS) is 17.8. The fraction of sp³-hybridized carbons (Fsp3) is 0.500. The monoisotopic (exact) mass is 381 g/mol. The van der Waals surface area contributed by atoms with Gasteiger partial charge in [-0.1, -0.05) is 5.16 Å². The van der Waals surface area contributed by atoms with Crippen molar-refractivity contribution >= 4 is 5.95 Å². The minimum absolute atomic E-state index is 0.335. The number of nitrogens with zero attached hydrogens (tertiary/aromatic N) is 6. The summed E-state index contributed by atoms with van der Waals surface area (Å²) in [7, 11) is 3.94. The second kappa shape index (κ2) is 7.71. The quantitative estimate of drug-likeness (QED) is 0.727. The molecule has 0 bridgehead atoms. The summed E-state index contributed by atoms with van der Waals surface area (Å²) < 4.78 is 5.42. The summed E-state index contributed by atoms with van der Waals surface area (Å²) in [6.07, 6.45) is 5.99. The molecule has 0 spiro atoms. The molecule has 0 amide bonds. The lowest BCUT2D eigenvalue weighted by Crippen LogP contribution is -2.34. The number of aromatic nitrogens is 5. The van der Waals surface area contributed by atoms with Crippen LogP contribution in [0.3, 0.4) is 0 Å². The van der Waals surface area contributed by atoms with Crippen LogP contribution >= 0.6 is 0 Å². The average Bonchev–Trinajstić information content (AvgIpc) is 3.31. The van der Waals surface area contributed by atoms with Gasteiger partial charge in [0.1, 0.15) is 5.76 Å². The van der Waals surface area contributed by atoms with Gasteiger partial charge in [0.2, 0.25) is 5.95 Å². The fourth-order valence-corrected chi connectivity index (χ4v) is 4.01. The van der Waals surface area contributed by atoms with Gasteiger partial charge in [-0.3, -0.25) is 10.00 Å². The maximum atomic E-state index is 5.42. The number of piperidine rings is 1. The van der Waals surface area contributed by atoms with E-state index in [0.29, 0.717) is 5.92 Å². The first kappa shape index (κ1) is 18.6. The smallest absolute Gasteiger partial charge is 0.225 e. The highest BCUT2D eigenvalue weighted by Crippen LogP contribution is 2.36. The van der Waals surface area contributed by atoms with Gasteiger partial charge in [-0.05, 0) is 39.3 Å². The second-order valence-corrected chi connectivity index (χ2v) is 7.72. The van der Waals surface area contributed by atoms with Crippen molar-refractivity contribution in [3.63, 3.8) is 0 Å². The van der Waals surface area contributed by atoms with Crippen LogP contribution in [0.2, 0.25) is 0 Å². The topological polar surface area (TPSA) is 87.0 Å². The minimum Gasteiger partial charge on any atom is -0.361 e. The molecule has 4 heterocycles. The lowest BCUT2D eigenvalue weighted by Gasteiger charge is -2.33. The Morgan fingerprint density at radius 2 is 2.18 bits per heavy atom. The highest BCUT2D eigenvalue weighted by Gasteiger charge is 2.28. The van der Waals surface area contributed by atoms with Crippen LogP contribution in [-0.4, -0.2) is 57.4 Å². The standard InChI is InChI=1S/C20H27N7O/c1-13-18(14(2)28-25-13)17-10-21-20(26(3)4)23-19(17)15-6-5-9-27(11-15)12-16-7-8-22-24-16/h7-8,10,15H,5-6,9,11-12H2,1-4H3,(H,22,24). The Balaban J connectivity index is 1.69. The Hall–Kier alpha value is -2.74. The Morgan fingerprint density at radius 3 is 2.86 bits per heavy atom. The number of aromatic amines is 1. The van der Waals surface area contributed by atoms with Gasteiger partial charge in [-0.2, -0.15) is 5.10 Å². The van der Waals surface area contributed by atoms with Crippen molar-refractivity contribution in [3.8, 4) is 11.1 Å². The van der Waals surface area contributed by atoms with Crippen molar-refractivity contribution in [2.75, 3.05) is 32.1 Å². The molecular weight excluding hydrogens is 354 g/mol. The molecule has 0 aromatic carbocycles. The van der Waals surface area contributed by atoms with Crippen molar-refractivity contribution in [2.45, 2.75) is 39.2 Å². The molecule has 3 aromatic rings. The molecule has 3 aromatic heterocycles. The van der Waals surface area contributed by atoms with Gasteiger partial charge in [-0.15, -0.1) is 0 Å². The van der Waals surface area contributed by atoms with Crippen LogP contribution in [0.1, 0.15) is 41.6 Å². The molecule has 4 rings (SSSR count). The average molecular weight is 381 g/mol. The zero-order valence-electron chi connectivity index (χ0n) is 16.9.